The van der Waals surface area contributed by atoms with E-state index in [0.717, 1.165) is 5.69 Å². The van der Waals surface area contributed by atoms with Gasteiger partial charge < -0.3 is 10.7 Å². The molecule has 0 aliphatic rings. The van der Waals surface area contributed by atoms with E-state index in [1.807, 2.05) is 37.3 Å². The van der Waals surface area contributed by atoms with Crippen molar-refractivity contribution in [2.75, 3.05) is 17.8 Å². The lowest BCUT2D eigenvalue weighted by Gasteiger charge is -2.20. The lowest BCUT2D eigenvalue weighted by molar-refractivity contribution is -0.117. The number of carbonyl (C=O) groups excluding carboxylic acids is 1. The van der Waals surface area contributed by atoms with Gasteiger partial charge in [0.25, 0.3) is 0 Å². The molecule has 0 fully saturated rings. The van der Waals surface area contributed by atoms with Crippen LogP contribution in [-0.4, -0.2) is 33.1 Å². The van der Waals surface area contributed by atoms with Gasteiger partial charge in [0.2, 0.25) is 11.1 Å². The Hall–Kier alpha value is -2.02. The van der Waals surface area contributed by atoms with Crippen molar-refractivity contribution in [1.29, 1.82) is 0 Å². The van der Waals surface area contributed by atoms with Gasteiger partial charge in [-0.2, -0.15) is 0 Å². The first-order valence-electron chi connectivity index (χ1n) is 6.17. The number of rotatable bonds is 4. The topological polar surface area (TPSA) is 77.0 Å². The van der Waals surface area contributed by atoms with Crippen LogP contribution in [0.2, 0.25) is 0 Å². The van der Waals surface area contributed by atoms with E-state index in [9.17, 15) is 4.79 Å². The van der Waals surface area contributed by atoms with Crippen LogP contribution in [0, 0.1) is 6.92 Å². The van der Waals surface area contributed by atoms with E-state index >= 15 is 0 Å². The summed E-state index contributed by atoms with van der Waals surface area (Å²) >= 11 is 1.30. The molecular formula is C13H17N5OS. The van der Waals surface area contributed by atoms with Gasteiger partial charge in [0, 0.05) is 12.7 Å². The summed E-state index contributed by atoms with van der Waals surface area (Å²) in [5, 5.41) is 8.06. The number of thioether (sulfide) groups is 1. The summed E-state index contributed by atoms with van der Waals surface area (Å²) in [6.07, 6.45) is 0. The molecule has 1 amide bonds. The van der Waals surface area contributed by atoms with Crippen molar-refractivity contribution >= 4 is 23.4 Å². The molecule has 1 aromatic carbocycles. The average Bonchev–Trinajstić information content (AvgIpc) is 2.78. The van der Waals surface area contributed by atoms with Gasteiger partial charge in [-0.05, 0) is 26.0 Å². The summed E-state index contributed by atoms with van der Waals surface area (Å²) in [5.41, 5.74) is 0.857. The first kappa shape index (κ1) is 14.4. The maximum atomic E-state index is 12.4. The zero-order valence-corrected chi connectivity index (χ0v) is 12.5. The lowest BCUT2D eigenvalue weighted by atomic mass is 10.3. The Kier molecular flexibility index (Phi) is 4.29. The molecule has 1 heterocycles. The molecular weight excluding hydrogens is 274 g/mol. The van der Waals surface area contributed by atoms with Crippen LogP contribution in [-0.2, 0) is 4.79 Å². The van der Waals surface area contributed by atoms with Crippen LogP contribution in [0.1, 0.15) is 12.7 Å². The van der Waals surface area contributed by atoms with Crippen molar-refractivity contribution in [2.24, 2.45) is 0 Å². The number of nitrogens with zero attached hydrogens (tertiary/aromatic N) is 4. The van der Waals surface area contributed by atoms with Gasteiger partial charge in [0.15, 0.2) is 0 Å². The second kappa shape index (κ2) is 5.96. The van der Waals surface area contributed by atoms with E-state index in [1.54, 1.807) is 18.9 Å². The second-order valence-corrected chi connectivity index (χ2v) is 5.70. The summed E-state index contributed by atoms with van der Waals surface area (Å²) in [7, 11) is 1.76. The lowest BCUT2D eigenvalue weighted by Crippen LogP contribution is -2.33. The second-order valence-electron chi connectivity index (χ2n) is 4.39. The van der Waals surface area contributed by atoms with Crippen molar-refractivity contribution < 1.29 is 4.79 Å². The van der Waals surface area contributed by atoms with Crippen LogP contribution in [0.3, 0.4) is 0 Å². The number of hydrogen-bond donors (Lipinski definition) is 1. The number of anilines is 1. The van der Waals surface area contributed by atoms with Gasteiger partial charge in [-0.1, -0.05) is 30.0 Å². The van der Waals surface area contributed by atoms with Crippen molar-refractivity contribution in [3.05, 3.63) is 36.2 Å². The predicted molar refractivity (Wildman–Crippen MR) is 80.1 cm³/mol. The molecule has 20 heavy (non-hydrogen) atoms. The van der Waals surface area contributed by atoms with Crippen molar-refractivity contribution in [3.63, 3.8) is 0 Å². The smallest absolute Gasteiger partial charge is 0.240 e. The van der Waals surface area contributed by atoms with Gasteiger partial charge >= 0.3 is 0 Å². The third kappa shape index (κ3) is 2.93. The van der Waals surface area contributed by atoms with E-state index in [0.29, 0.717) is 11.0 Å². The molecule has 7 heteroatoms. The molecule has 0 aliphatic heterocycles. The fourth-order valence-corrected chi connectivity index (χ4v) is 2.60. The third-order valence-electron chi connectivity index (χ3n) is 2.94. The van der Waals surface area contributed by atoms with Crippen LogP contribution in [0.15, 0.2) is 35.5 Å². The molecule has 1 aromatic heterocycles. The molecule has 1 atom stereocenters. The third-order valence-corrected chi connectivity index (χ3v) is 3.98. The number of nitrogen functional groups attached to an aromatic ring is 1. The molecule has 2 rings (SSSR count). The highest BCUT2D eigenvalue weighted by atomic mass is 32.2. The Labute approximate surface area is 121 Å². The van der Waals surface area contributed by atoms with E-state index in [4.69, 9.17) is 5.84 Å². The molecule has 6 nitrogen and oxygen atoms in total. The number of aromatic nitrogens is 3. The van der Waals surface area contributed by atoms with Crippen molar-refractivity contribution in [3.8, 4) is 0 Å². The fourth-order valence-electron chi connectivity index (χ4n) is 1.69. The normalized spacial score (nSPS) is 12.2. The maximum Gasteiger partial charge on any atom is 0.240 e. The van der Waals surface area contributed by atoms with Gasteiger partial charge in [0.05, 0.1) is 5.25 Å². The number of amides is 1. The van der Waals surface area contributed by atoms with Crippen LogP contribution < -0.4 is 10.7 Å². The van der Waals surface area contributed by atoms with Crippen LogP contribution >= 0.6 is 11.8 Å². The SMILES string of the molecule is Cc1nnc(S[C@H](C)C(=O)N(C)c2ccccc2)n1N. The van der Waals surface area contributed by atoms with E-state index in [-0.39, 0.29) is 11.2 Å². The maximum absolute atomic E-state index is 12.4. The number of para-hydroxylation sites is 1. The van der Waals surface area contributed by atoms with Gasteiger partial charge in [-0.15, -0.1) is 10.2 Å². The average molecular weight is 291 g/mol. The molecule has 0 bridgehead atoms. The number of nitrogens with two attached hydrogens (primary N) is 1. The van der Waals surface area contributed by atoms with E-state index in [1.165, 1.54) is 16.4 Å². The van der Waals surface area contributed by atoms with Crippen LogP contribution in [0.5, 0.6) is 0 Å². The molecule has 0 aliphatic carbocycles. The summed E-state index contributed by atoms with van der Waals surface area (Å²) in [6.45, 7) is 3.59. The first-order valence-corrected chi connectivity index (χ1v) is 7.05. The molecule has 0 radical (unpaired) electrons. The quantitative estimate of drug-likeness (QED) is 0.681. The molecule has 0 unspecified atom stereocenters. The van der Waals surface area contributed by atoms with Crippen molar-refractivity contribution in [1.82, 2.24) is 14.9 Å². The van der Waals surface area contributed by atoms with Gasteiger partial charge in [0.1, 0.15) is 5.82 Å². The molecule has 2 aromatic rings. The van der Waals surface area contributed by atoms with Crippen LogP contribution in [0.4, 0.5) is 5.69 Å². The minimum Gasteiger partial charge on any atom is -0.336 e. The summed E-state index contributed by atoms with van der Waals surface area (Å²) in [5.74, 6) is 6.39. The molecule has 0 spiro atoms. The molecule has 2 N–H and O–H groups in total. The number of benzene rings is 1. The van der Waals surface area contributed by atoms with Gasteiger partial charge in [-0.25, -0.2) is 4.68 Å². The Bertz CT molecular complexity index is 598. The highest BCUT2D eigenvalue weighted by Crippen LogP contribution is 2.23. The Morgan fingerprint density at radius 3 is 2.55 bits per heavy atom. The highest BCUT2D eigenvalue weighted by molar-refractivity contribution is 8.00. The fraction of sp³-hybridized carbons (Fsp3) is 0.308. The minimum absolute atomic E-state index is 0.0122. The van der Waals surface area contributed by atoms with Crippen LogP contribution in [0.25, 0.3) is 0 Å². The first-order chi connectivity index (χ1) is 9.50. The zero-order valence-electron chi connectivity index (χ0n) is 11.6. The summed E-state index contributed by atoms with van der Waals surface area (Å²) < 4.78 is 1.39. The number of carbonyl (C=O) groups is 1. The largest absolute Gasteiger partial charge is 0.336 e. The van der Waals surface area contributed by atoms with E-state index < -0.39 is 0 Å². The zero-order chi connectivity index (χ0) is 14.7. The Balaban J connectivity index is 2.07. The number of aryl methyl sites for hydroxylation is 1. The molecule has 0 saturated heterocycles. The summed E-state index contributed by atoms with van der Waals surface area (Å²) in [4.78, 5) is 14.0. The minimum atomic E-state index is -0.300. The number of hydrogen-bond acceptors (Lipinski definition) is 5. The Morgan fingerprint density at radius 2 is 2.00 bits per heavy atom. The predicted octanol–water partition coefficient (Wildman–Crippen LogP) is 1.44. The highest BCUT2D eigenvalue weighted by Gasteiger charge is 2.22. The monoisotopic (exact) mass is 291 g/mol. The molecule has 106 valence electrons. The Morgan fingerprint density at radius 1 is 1.35 bits per heavy atom. The van der Waals surface area contributed by atoms with Crippen molar-refractivity contribution in [2.45, 2.75) is 24.3 Å². The summed E-state index contributed by atoms with van der Waals surface area (Å²) in [6, 6.07) is 9.50. The van der Waals surface area contributed by atoms with Gasteiger partial charge in [-0.3, -0.25) is 4.79 Å². The molecule has 0 saturated carbocycles. The standard InChI is InChI=1S/C13H17N5OS/c1-9(20-13-16-15-10(2)18(13)14)12(19)17(3)11-7-5-4-6-8-11/h4-9H,14H2,1-3H3/t9-/m1/s1. The van der Waals surface area contributed by atoms with E-state index in [2.05, 4.69) is 10.2 Å².